The number of aromatic nitrogens is 2. The maximum absolute atomic E-state index is 13.9. The Morgan fingerprint density at radius 3 is 2.24 bits per heavy atom. The first-order valence-electron chi connectivity index (χ1n) is 11.5. The van der Waals surface area contributed by atoms with Crippen molar-refractivity contribution in [1.29, 1.82) is 0 Å². The van der Waals surface area contributed by atoms with E-state index < -0.39 is 33.8 Å². The highest BCUT2D eigenvalue weighted by molar-refractivity contribution is 7.90. The second kappa shape index (κ2) is 9.55. The van der Waals surface area contributed by atoms with Crippen molar-refractivity contribution in [3.8, 4) is 0 Å². The molecule has 0 saturated carbocycles. The van der Waals surface area contributed by atoms with Gasteiger partial charge in [0.1, 0.15) is 6.10 Å². The van der Waals surface area contributed by atoms with Crippen molar-refractivity contribution in [1.82, 2.24) is 8.96 Å². The maximum atomic E-state index is 13.9. The van der Waals surface area contributed by atoms with Crippen molar-refractivity contribution in [2.75, 3.05) is 7.11 Å². The molecule has 0 radical (unpaired) electrons. The molecule has 2 aromatic heterocycles. The highest BCUT2D eigenvalue weighted by Crippen LogP contribution is 2.36. The number of hydrogen-bond acceptors (Lipinski definition) is 6. The van der Waals surface area contributed by atoms with Gasteiger partial charge in [0.05, 0.1) is 28.8 Å². The monoisotopic (exact) mass is 546 g/mol. The summed E-state index contributed by atoms with van der Waals surface area (Å²) >= 11 is 0. The van der Waals surface area contributed by atoms with Crippen molar-refractivity contribution < 1.29 is 36.2 Å². The van der Waals surface area contributed by atoms with Gasteiger partial charge in [-0.25, -0.2) is 22.2 Å². The molecular formula is C27H25F3N2O5S. The standard InChI is InChI=1S/C27H25F3N2O5S/c1-26(2,3)19-6-5-7-21(14-19)38(35,36)32-22(13-18-12-20(27(28,29)30)15-31-24(18)32)23(33)16-8-10-17(11-9-16)25(34)37-4/h5-15,23,33H,1-4H3. The summed E-state index contributed by atoms with van der Waals surface area (Å²) in [6.07, 6.45) is -5.72. The number of nitrogens with zero attached hydrogens (tertiary/aromatic N) is 2. The van der Waals surface area contributed by atoms with Gasteiger partial charge in [0.15, 0.2) is 5.65 Å². The topological polar surface area (TPSA) is 98.5 Å². The first-order valence-corrected chi connectivity index (χ1v) is 12.9. The molecule has 1 atom stereocenters. The zero-order chi connectivity index (χ0) is 28.0. The summed E-state index contributed by atoms with van der Waals surface area (Å²) < 4.78 is 73.4. The van der Waals surface area contributed by atoms with Crippen LogP contribution < -0.4 is 0 Å². The zero-order valence-corrected chi connectivity index (χ0v) is 21.8. The molecule has 0 aliphatic rings. The van der Waals surface area contributed by atoms with Gasteiger partial charge in [-0.3, -0.25) is 0 Å². The summed E-state index contributed by atoms with van der Waals surface area (Å²) in [7, 11) is -3.21. The number of carbonyl (C=O) groups excluding carboxylic acids is 1. The van der Waals surface area contributed by atoms with E-state index in [1.54, 1.807) is 12.1 Å². The molecule has 200 valence electrons. The third-order valence-electron chi connectivity index (χ3n) is 6.12. The van der Waals surface area contributed by atoms with Crippen molar-refractivity contribution in [3.63, 3.8) is 0 Å². The van der Waals surface area contributed by atoms with E-state index in [4.69, 9.17) is 0 Å². The molecule has 4 rings (SSSR count). The molecule has 0 bridgehead atoms. The van der Waals surface area contributed by atoms with E-state index in [1.807, 2.05) is 20.8 Å². The van der Waals surface area contributed by atoms with Crippen LogP contribution in [0.1, 0.15) is 59.6 Å². The molecule has 0 spiro atoms. The van der Waals surface area contributed by atoms with Crippen LogP contribution in [0.15, 0.2) is 71.8 Å². The van der Waals surface area contributed by atoms with Crippen LogP contribution in [0.3, 0.4) is 0 Å². The highest BCUT2D eigenvalue weighted by atomic mass is 32.2. The molecule has 0 fully saturated rings. The number of esters is 1. The Hall–Kier alpha value is -3.70. The Labute approximate surface area is 217 Å². The quantitative estimate of drug-likeness (QED) is 0.334. The summed E-state index contributed by atoms with van der Waals surface area (Å²) in [4.78, 5) is 15.5. The summed E-state index contributed by atoms with van der Waals surface area (Å²) in [6.45, 7) is 5.74. The van der Waals surface area contributed by atoms with E-state index in [2.05, 4.69) is 9.72 Å². The molecule has 0 aliphatic heterocycles. The molecule has 2 aromatic carbocycles. The van der Waals surface area contributed by atoms with Crippen molar-refractivity contribution in [2.45, 2.75) is 43.4 Å². The van der Waals surface area contributed by atoms with E-state index in [0.29, 0.717) is 6.20 Å². The van der Waals surface area contributed by atoms with Crippen LogP contribution in [-0.4, -0.2) is 35.6 Å². The van der Waals surface area contributed by atoms with E-state index >= 15 is 0 Å². The number of fused-ring (bicyclic) bond motifs is 1. The van der Waals surface area contributed by atoms with Crippen LogP contribution in [0.4, 0.5) is 13.2 Å². The molecule has 11 heteroatoms. The van der Waals surface area contributed by atoms with Gasteiger partial charge >= 0.3 is 12.1 Å². The van der Waals surface area contributed by atoms with Gasteiger partial charge in [0.25, 0.3) is 10.0 Å². The second-order valence-corrected chi connectivity index (χ2v) is 11.6. The third-order valence-corrected chi connectivity index (χ3v) is 7.83. The first-order chi connectivity index (χ1) is 17.6. The minimum absolute atomic E-state index is 0.112. The van der Waals surface area contributed by atoms with E-state index in [0.717, 1.165) is 15.6 Å². The Balaban J connectivity index is 1.95. The summed E-state index contributed by atoms with van der Waals surface area (Å²) in [5, 5.41) is 11.1. The number of hydrogen-bond donors (Lipinski definition) is 1. The number of rotatable bonds is 5. The van der Waals surface area contributed by atoms with Gasteiger partial charge in [-0.05, 0) is 52.9 Å². The predicted molar refractivity (Wildman–Crippen MR) is 134 cm³/mol. The fourth-order valence-corrected chi connectivity index (χ4v) is 5.55. The van der Waals surface area contributed by atoms with Gasteiger partial charge < -0.3 is 9.84 Å². The average molecular weight is 547 g/mol. The Kier molecular flexibility index (Phi) is 6.87. The van der Waals surface area contributed by atoms with Crippen molar-refractivity contribution in [3.05, 3.63) is 94.8 Å². The molecule has 38 heavy (non-hydrogen) atoms. The molecule has 2 heterocycles. The predicted octanol–water partition coefficient (Wildman–Crippen LogP) is 5.46. The summed E-state index contributed by atoms with van der Waals surface area (Å²) in [6, 6.07) is 13.8. The smallest absolute Gasteiger partial charge is 0.417 e. The number of alkyl halides is 3. The minimum atomic E-state index is -4.70. The second-order valence-electron chi connectivity index (χ2n) is 9.77. The number of ether oxygens (including phenoxy) is 1. The van der Waals surface area contributed by atoms with E-state index in [9.17, 15) is 31.5 Å². The van der Waals surface area contributed by atoms with Crippen LogP contribution in [0.5, 0.6) is 0 Å². The molecule has 4 aromatic rings. The lowest BCUT2D eigenvalue weighted by Gasteiger charge is -2.21. The largest absolute Gasteiger partial charge is 0.465 e. The molecule has 7 nitrogen and oxygen atoms in total. The van der Waals surface area contributed by atoms with E-state index in [1.165, 1.54) is 49.6 Å². The third kappa shape index (κ3) is 5.03. The number of pyridine rings is 1. The van der Waals surface area contributed by atoms with Crippen LogP contribution in [0.2, 0.25) is 0 Å². The lowest BCUT2D eigenvalue weighted by atomic mass is 9.87. The summed E-state index contributed by atoms with van der Waals surface area (Å²) in [5.74, 6) is -0.606. The van der Waals surface area contributed by atoms with Gasteiger partial charge in [-0.15, -0.1) is 0 Å². The molecule has 1 N–H and O–H groups in total. The van der Waals surface area contributed by atoms with Crippen molar-refractivity contribution >= 4 is 27.0 Å². The number of benzene rings is 2. The molecule has 0 saturated heterocycles. The average Bonchev–Trinajstić information content (AvgIpc) is 3.26. The summed E-state index contributed by atoms with van der Waals surface area (Å²) in [5.41, 5.74) is -0.782. The van der Waals surface area contributed by atoms with Gasteiger partial charge in [0, 0.05) is 11.6 Å². The van der Waals surface area contributed by atoms with Crippen LogP contribution in [-0.2, 0) is 26.4 Å². The molecular weight excluding hydrogens is 521 g/mol. The van der Waals surface area contributed by atoms with Crippen LogP contribution in [0.25, 0.3) is 11.0 Å². The Bertz CT molecular complexity index is 1620. The van der Waals surface area contributed by atoms with Crippen LogP contribution >= 0.6 is 0 Å². The Morgan fingerprint density at radius 1 is 1.00 bits per heavy atom. The van der Waals surface area contributed by atoms with Gasteiger partial charge in [-0.1, -0.05) is 45.0 Å². The zero-order valence-electron chi connectivity index (χ0n) is 20.9. The van der Waals surface area contributed by atoms with Crippen LogP contribution in [0, 0.1) is 0 Å². The van der Waals surface area contributed by atoms with Crippen molar-refractivity contribution in [2.24, 2.45) is 0 Å². The lowest BCUT2D eigenvalue weighted by Crippen LogP contribution is -2.20. The fourth-order valence-electron chi connectivity index (χ4n) is 4.01. The SMILES string of the molecule is COC(=O)c1ccc(C(O)c2cc3cc(C(F)(F)F)cnc3n2S(=O)(=O)c2cccc(C(C)(C)C)c2)cc1. The Morgan fingerprint density at radius 2 is 1.66 bits per heavy atom. The molecule has 0 aliphatic carbocycles. The first kappa shape index (κ1) is 27.3. The number of carbonyl (C=O) groups is 1. The number of halogens is 3. The number of aliphatic hydroxyl groups excluding tert-OH is 1. The number of methoxy groups -OCH3 is 1. The maximum Gasteiger partial charge on any atom is 0.417 e. The number of aliphatic hydroxyl groups is 1. The highest BCUT2D eigenvalue weighted by Gasteiger charge is 2.34. The minimum Gasteiger partial charge on any atom is -0.465 e. The normalized spacial score (nSPS) is 13.5. The van der Waals surface area contributed by atoms with E-state index in [-0.39, 0.29) is 38.2 Å². The van der Waals surface area contributed by atoms with Gasteiger partial charge in [0.2, 0.25) is 0 Å². The van der Waals surface area contributed by atoms with Gasteiger partial charge in [-0.2, -0.15) is 13.2 Å². The lowest BCUT2D eigenvalue weighted by molar-refractivity contribution is -0.137. The molecule has 0 amide bonds. The fraction of sp³-hybridized carbons (Fsp3) is 0.259. The molecule has 1 unspecified atom stereocenters.